The summed E-state index contributed by atoms with van der Waals surface area (Å²) in [7, 11) is -4.04. The van der Waals surface area contributed by atoms with Crippen molar-refractivity contribution in [3.8, 4) is 0 Å². The summed E-state index contributed by atoms with van der Waals surface area (Å²) < 4.78 is 30.5. The summed E-state index contributed by atoms with van der Waals surface area (Å²) in [6, 6.07) is 0. The first-order valence-electron chi connectivity index (χ1n) is 13.3. The lowest BCUT2D eigenvalue weighted by molar-refractivity contribution is -0.129. The molecule has 1 amide bonds. The average Bonchev–Trinajstić information content (AvgIpc) is 3.09. The van der Waals surface area contributed by atoms with Crippen LogP contribution in [0.5, 0.6) is 0 Å². The average molecular weight is 484 g/mol. The van der Waals surface area contributed by atoms with Crippen molar-refractivity contribution < 1.29 is 22.9 Å². The van der Waals surface area contributed by atoms with Crippen molar-refractivity contribution >= 4 is 16.0 Å². The molecule has 0 aromatic carbocycles. The van der Waals surface area contributed by atoms with Crippen molar-refractivity contribution in [2.24, 2.45) is 46.3 Å². The van der Waals surface area contributed by atoms with Gasteiger partial charge in [-0.1, -0.05) is 20.8 Å². The highest BCUT2D eigenvalue weighted by atomic mass is 32.2. The number of aliphatic hydroxyl groups is 1. The van der Waals surface area contributed by atoms with E-state index in [4.69, 9.17) is 4.55 Å². The molecule has 4 fully saturated rings. The van der Waals surface area contributed by atoms with Gasteiger partial charge in [-0.3, -0.25) is 9.35 Å². The molecule has 4 aliphatic rings. The maximum absolute atomic E-state index is 12.2. The lowest BCUT2D eigenvalue weighted by atomic mass is 9.44. The van der Waals surface area contributed by atoms with Crippen molar-refractivity contribution in [2.75, 3.05) is 12.3 Å². The van der Waals surface area contributed by atoms with Gasteiger partial charge < -0.3 is 10.4 Å². The number of nitrogens with one attached hydrogen (secondary N) is 1. The zero-order valence-corrected chi connectivity index (χ0v) is 21.6. The van der Waals surface area contributed by atoms with E-state index in [2.05, 4.69) is 26.1 Å². The molecule has 4 rings (SSSR count). The van der Waals surface area contributed by atoms with Crippen LogP contribution in [0.4, 0.5) is 0 Å². The van der Waals surface area contributed by atoms with Crippen LogP contribution in [0.15, 0.2) is 0 Å². The minimum Gasteiger partial charge on any atom is -0.393 e. The Morgan fingerprint density at radius 3 is 2.45 bits per heavy atom. The number of aliphatic hydroxyl groups excluding tert-OH is 1. The second-order valence-corrected chi connectivity index (χ2v) is 14.0. The summed E-state index contributed by atoms with van der Waals surface area (Å²) in [6.07, 6.45) is 12.1. The first-order valence-corrected chi connectivity index (χ1v) is 14.9. The summed E-state index contributed by atoms with van der Waals surface area (Å²) in [5.74, 6) is 3.68. The monoisotopic (exact) mass is 483 g/mol. The fraction of sp³-hybridized carbons (Fsp3) is 0.962. The molecule has 0 unspecified atom stereocenters. The van der Waals surface area contributed by atoms with Crippen LogP contribution in [0.3, 0.4) is 0 Å². The highest BCUT2D eigenvalue weighted by Gasteiger charge is 2.60. The van der Waals surface area contributed by atoms with E-state index in [1.54, 1.807) is 0 Å². The van der Waals surface area contributed by atoms with Gasteiger partial charge in [-0.15, -0.1) is 0 Å². The summed E-state index contributed by atoms with van der Waals surface area (Å²) in [5, 5.41) is 12.9. The fourth-order valence-corrected chi connectivity index (χ4v) is 9.54. The Kier molecular flexibility index (Phi) is 7.26. The number of hydrogen-bond donors (Lipinski definition) is 3. The Labute approximate surface area is 200 Å². The second-order valence-electron chi connectivity index (χ2n) is 12.5. The normalized spacial score (nSPS) is 43.8. The van der Waals surface area contributed by atoms with Gasteiger partial charge in [0.1, 0.15) is 0 Å². The number of rotatable bonds is 7. The Bertz CT molecular complexity index is 831. The molecule has 33 heavy (non-hydrogen) atoms. The van der Waals surface area contributed by atoms with Crippen LogP contribution in [0.2, 0.25) is 0 Å². The highest BCUT2D eigenvalue weighted by molar-refractivity contribution is 7.85. The Balaban J connectivity index is 1.35. The molecule has 0 aliphatic heterocycles. The van der Waals surface area contributed by atoms with E-state index in [0.717, 1.165) is 37.0 Å². The molecule has 190 valence electrons. The van der Waals surface area contributed by atoms with E-state index in [9.17, 15) is 18.3 Å². The van der Waals surface area contributed by atoms with Crippen molar-refractivity contribution in [3.05, 3.63) is 0 Å². The van der Waals surface area contributed by atoms with Crippen LogP contribution in [-0.4, -0.2) is 42.4 Å². The van der Waals surface area contributed by atoms with Gasteiger partial charge in [0.05, 0.1) is 11.9 Å². The van der Waals surface area contributed by atoms with Crippen molar-refractivity contribution in [3.63, 3.8) is 0 Å². The third kappa shape index (κ3) is 5.02. The molecular formula is C26H45NO5S. The SMILES string of the molecule is C[C@H](CCC(=O)NCCS(=O)(=O)O)[C@H]1CC[C@@H]2[C@@H]3CC[C@@H]4C[C@H](O)CC[C@]4(C)[C@@H]3CC[C@@]21C. The number of fused-ring (bicyclic) bond motifs is 5. The molecule has 0 aromatic heterocycles. The maximum Gasteiger partial charge on any atom is 0.266 e. The number of hydrogen-bond acceptors (Lipinski definition) is 4. The second kappa shape index (κ2) is 9.42. The van der Waals surface area contributed by atoms with Gasteiger partial charge in [0, 0.05) is 13.0 Å². The predicted octanol–water partition coefficient (Wildman–Crippen LogP) is 4.43. The van der Waals surface area contributed by atoms with Crippen LogP contribution in [0, 0.1) is 46.3 Å². The van der Waals surface area contributed by atoms with E-state index < -0.39 is 15.9 Å². The minimum absolute atomic E-state index is 0.0326. The smallest absolute Gasteiger partial charge is 0.266 e. The van der Waals surface area contributed by atoms with E-state index in [1.165, 1.54) is 44.9 Å². The lowest BCUT2D eigenvalue weighted by Gasteiger charge is -2.61. The molecule has 6 nitrogen and oxygen atoms in total. The predicted molar refractivity (Wildman–Crippen MR) is 129 cm³/mol. The lowest BCUT2D eigenvalue weighted by Crippen LogP contribution is -2.54. The van der Waals surface area contributed by atoms with Gasteiger partial charge in [-0.2, -0.15) is 8.42 Å². The summed E-state index contributed by atoms with van der Waals surface area (Å²) in [6.45, 7) is 7.34. The molecule has 9 atom stereocenters. The zero-order valence-electron chi connectivity index (χ0n) is 20.8. The molecule has 4 saturated carbocycles. The van der Waals surface area contributed by atoms with Crippen molar-refractivity contribution in [1.82, 2.24) is 5.32 Å². The first kappa shape index (κ1) is 25.4. The van der Waals surface area contributed by atoms with E-state index in [0.29, 0.717) is 35.0 Å². The van der Waals surface area contributed by atoms with Crippen molar-refractivity contribution in [2.45, 2.75) is 97.5 Å². The molecule has 0 bridgehead atoms. The number of amides is 1. The van der Waals surface area contributed by atoms with Crippen LogP contribution < -0.4 is 5.32 Å². The quantitative estimate of drug-likeness (QED) is 0.465. The van der Waals surface area contributed by atoms with Crippen LogP contribution in [-0.2, 0) is 14.9 Å². The zero-order chi connectivity index (χ0) is 24.0. The van der Waals surface area contributed by atoms with Crippen LogP contribution >= 0.6 is 0 Å². The Morgan fingerprint density at radius 2 is 1.73 bits per heavy atom. The van der Waals surface area contributed by atoms with Crippen LogP contribution in [0.25, 0.3) is 0 Å². The Hall–Kier alpha value is -0.660. The molecule has 0 saturated heterocycles. The first-order chi connectivity index (χ1) is 15.4. The number of carbonyl (C=O) groups is 1. The molecule has 3 N–H and O–H groups in total. The maximum atomic E-state index is 12.2. The standard InChI is InChI=1S/C26H45NO5S/c1-17(4-9-24(29)27-14-15-33(30,31)32)21-7-8-22-20-6-5-18-16-19(28)10-12-25(18,2)23(20)11-13-26(21,22)3/h17-23,28H,4-16H2,1-3H3,(H,27,29)(H,30,31,32)/t17-,18-,19-,20+,21-,22-,23-,25+,26-/m1/s1. The Morgan fingerprint density at radius 1 is 1.03 bits per heavy atom. The van der Waals surface area contributed by atoms with Gasteiger partial charge in [-0.05, 0) is 111 Å². The summed E-state index contributed by atoms with van der Waals surface area (Å²) in [5.41, 5.74) is 0.771. The molecule has 7 heteroatoms. The van der Waals surface area contributed by atoms with Crippen LogP contribution in [0.1, 0.15) is 91.4 Å². The van der Waals surface area contributed by atoms with Gasteiger partial charge in [0.2, 0.25) is 5.91 Å². The topological polar surface area (TPSA) is 104 Å². The third-order valence-electron chi connectivity index (χ3n) is 10.9. The van der Waals surface area contributed by atoms with Gasteiger partial charge in [0.25, 0.3) is 10.1 Å². The van der Waals surface area contributed by atoms with Gasteiger partial charge >= 0.3 is 0 Å². The third-order valence-corrected chi connectivity index (χ3v) is 11.6. The van der Waals surface area contributed by atoms with Gasteiger partial charge in [-0.25, -0.2) is 0 Å². The van der Waals surface area contributed by atoms with E-state index >= 15 is 0 Å². The molecule has 0 spiro atoms. The molecule has 0 heterocycles. The highest BCUT2D eigenvalue weighted by Crippen LogP contribution is 2.68. The molecular weight excluding hydrogens is 438 g/mol. The summed E-state index contributed by atoms with van der Waals surface area (Å²) in [4.78, 5) is 12.2. The molecule has 4 aliphatic carbocycles. The van der Waals surface area contributed by atoms with Crippen molar-refractivity contribution in [1.29, 1.82) is 0 Å². The summed E-state index contributed by atoms with van der Waals surface area (Å²) >= 11 is 0. The largest absolute Gasteiger partial charge is 0.393 e. The van der Waals surface area contributed by atoms with E-state index in [1.807, 2.05) is 0 Å². The fourth-order valence-electron chi connectivity index (χ4n) is 9.18. The molecule has 0 radical (unpaired) electrons. The number of carbonyl (C=O) groups excluding carboxylic acids is 1. The van der Waals surface area contributed by atoms with E-state index in [-0.39, 0.29) is 18.6 Å². The van der Waals surface area contributed by atoms with Gasteiger partial charge in [0.15, 0.2) is 0 Å². The molecule has 0 aromatic rings. The minimum atomic E-state index is -4.04.